The van der Waals surface area contributed by atoms with Gasteiger partial charge in [-0.1, -0.05) is 32.0 Å². The van der Waals surface area contributed by atoms with Crippen LogP contribution >= 0.6 is 11.6 Å². The normalized spacial score (nSPS) is 12.2. The first-order valence-electron chi connectivity index (χ1n) is 5.96. The molecule has 1 heterocycles. The van der Waals surface area contributed by atoms with Gasteiger partial charge in [0.05, 0.1) is 0 Å². The van der Waals surface area contributed by atoms with Crippen LogP contribution in [-0.4, -0.2) is 9.97 Å². The third kappa shape index (κ3) is 2.99. The molecule has 0 aliphatic carbocycles. The van der Waals surface area contributed by atoms with Crippen LogP contribution in [0.1, 0.15) is 31.7 Å². The molecule has 94 valence electrons. The number of hydrogen-bond acceptors (Lipinski definition) is 3. The summed E-state index contributed by atoms with van der Waals surface area (Å²) in [5.74, 6) is 1.73. The van der Waals surface area contributed by atoms with Gasteiger partial charge in [0.1, 0.15) is 5.75 Å². The minimum absolute atomic E-state index is 0.188. The minimum atomic E-state index is 0.188. The predicted octanol–water partition coefficient (Wildman–Crippen LogP) is 4.44. The van der Waals surface area contributed by atoms with E-state index >= 15 is 0 Å². The van der Waals surface area contributed by atoms with Crippen LogP contribution in [0.3, 0.4) is 0 Å². The number of hydrogen-bond donors (Lipinski definition) is 0. The van der Waals surface area contributed by atoms with Crippen LogP contribution in [0.4, 0.5) is 0 Å². The van der Waals surface area contributed by atoms with E-state index in [-0.39, 0.29) is 5.28 Å². The van der Waals surface area contributed by atoms with Crippen molar-refractivity contribution in [3.05, 3.63) is 47.4 Å². The van der Waals surface area contributed by atoms with Crippen LogP contribution in [0.5, 0.6) is 11.6 Å². The van der Waals surface area contributed by atoms with E-state index in [2.05, 4.69) is 29.9 Å². The summed E-state index contributed by atoms with van der Waals surface area (Å²) in [5.41, 5.74) is 1.18. The molecule has 0 amide bonds. The van der Waals surface area contributed by atoms with Gasteiger partial charge in [-0.05, 0) is 35.6 Å². The van der Waals surface area contributed by atoms with Gasteiger partial charge in [-0.2, -0.15) is 4.98 Å². The standard InChI is InChI=1S/C14H15ClN2O/c1-3-10(2)11-6-4-5-7-12(11)18-13-8-9-16-14(15)17-13/h4-10H,3H2,1-2H3. The Kier molecular flexibility index (Phi) is 4.15. The average Bonchev–Trinajstić information content (AvgIpc) is 2.38. The van der Waals surface area contributed by atoms with E-state index in [1.165, 1.54) is 5.56 Å². The molecule has 1 atom stereocenters. The zero-order chi connectivity index (χ0) is 13.0. The number of benzene rings is 1. The second kappa shape index (κ2) is 5.83. The van der Waals surface area contributed by atoms with Gasteiger partial charge in [0.15, 0.2) is 0 Å². The zero-order valence-corrected chi connectivity index (χ0v) is 11.2. The summed E-state index contributed by atoms with van der Waals surface area (Å²) in [6.45, 7) is 4.33. The van der Waals surface area contributed by atoms with E-state index in [4.69, 9.17) is 16.3 Å². The molecule has 0 bridgehead atoms. The Morgan fingerprint density at radius 1 is 1.28 bits per heavy atom. The molecule has 1 unspecified atom stereocenters. The Morgan fingerprint density at radius 3 is 2.78 bits per heavy atom. The third-order valence-electron chi connectivity index (χ3n) is 2.88. The van der Waals surface area contributed by atoms with Gasteiger partial charge in [-0.25, -0.2) is 4.98 Å². The molecule has 3 nitrogen and oxygen atoms in total. The summed E-state index contributed by atoms with van der Waals surface area (Å²) >= 11 is 5.74. The van der Waals surface area contributed by atoms with Crippen molar-refractivity contribution in [2.45, 2.75) is 26.2 Å². The van der Waals surface area contributed by atoms with Crippen molar-refractivity contribution in [1.82, 2.24) is 9.97 Å². The minimum Gasteiger partial charge on any atom is -0.439 e. The molecule has 0 radical (unpaired) electrons. The Morgan fingerprint density at radius 2 is 2.06 bits per heavy atom. The van der Waals surface area contributed by atoms with E-state index in [0.29, 0.717) is 11.8 Å². The maximum absolute atomic E-state index is 5.78. The highest BCUT2D eigenvalue weighted by Gasteiger charge is 2.10. The van der Waals surface area contributed by atoms with Crippen molar-refractivity contribution in [3.8, 4) is 11.6 Å². The van der Waals surface area contributed by atoms with Crippen LogP contribution in [0, 0.1) is 0 Å². The van der Waals surface area contributed by atoms with Gasteiger partial charge in [-0.15, -0.1) is 0 Å². The summed E-state index contributed by atoms with van der Waals surface area (Å²) in [6, 6.07) is 9.67. The second-order valence-electron chi connectivity index (χ2n) is 4.11. The number of para-hydroxylation sites is 1. The Hall–Kier alpha value is -1.61. The van der Waals surface area contributed by atoms with Crippen molar-refractivity contribution in [2.24, 2.45) is 0 Å². The summed E-state index contributed by atoms with van der Waals surface area (Å²) < 4.78 is 5.78. The average molecular weight is 263 g/mol. The molecule has 0 fully saturated rings. The molecule has 0 saturated heterocycles. The summed E-state index contributed by atoms with van der Waals surface area (Å²) in [4.78, 5) is 7.86. The van der Waals surface area contributed by atoms with Crippen molar-refractivity contribution in [1.29, 1.82) is 0 Å². The first-order chi connectivity index (χ1) is 8.70. The molecule has 2 rings (SSSR count). The Balaban J connectivity index is 2.29. The quantitative estimate of drug-likeness (QED) is 0.764. The van der Waals surface area contributed by atoms with Crippen LogP contribution in [-0.2, 0) is 0 Å². The molecule has 4 heteroatoms. The summed E-state index contributed by atoms with van der Waals surface area (Å²) in [6.07, 6.45) is 2.64. The molecule has 0 saturated carbocycles. The third-order valence-corrected chi connectivity index (χ3v) is 3.06. The van der Waals surface area contributed by atoms with Crippen LogP contribution in [0.15, 0.2) is 36.5 Å². The number of halogens is 1. The molecular weight excluding hydrogens is 248 g/mol. The van der Waals surface area contributed by atoms with E-state index in [0.717, 1.165) is 12.2 Å². The zero-order valence-electron chi connectivity index (χ0n) is 10.4. The van der Waals surface area contributed by atoms with Crippen LogP contribution in [0.25, 0.3) is 0 Å². The van der Waals surface area contributed by atoms with Gasteiger partial charge >= 0.3 is 0 Å². The van der Waals surface area contributed by atoms with E-state index < -0.39 is 0 Å². The van der Waals surface area contributed by atoms with Gasteiger partial charge in [0.25, 0.3) is 0 Å². The topological polar surface area (TPSA) is 35.0 Å². The number of rotatable bonds is 4. The largest absolute Gasteiger partial charge is 0.439 e. The van der Waals surface area contributed by atoms with Crippen molar-refractivity contribution in [2.75, 3.05) is 0 Å². The molecule has 2 aromatic rings. The van der Waals surface area contributed by atoms with Crippen LogP contribution in [0.2, 0.25) is 5.28 Å². The molecule has 1 aromatic carbocycles. The van der Waals surface area contributed by atoms with E-state index in [1.807, 2.05) is 18.2 Å². The first kappa shape index (κ1) is 12.8. The van der Waals surface area contributed by atoms with Gasteiger partial charge in [0.2, 0.25) is 11.2 Å². The number of aromatic nitrogens is 2. The molecule has 0 N–H and O–H groups in total. The van der Waals surface area contributed by atoms with Gasteiger partial charge in [-0.3, -0.25) is 0 Å². The van der Waals surface area contributed by atoms with Gasteiger partial charge in [0, 0.05) is 12.3 Å². The molecule has 0 spiro atoms. The first-order valence-corrected chi connectivity index (χ1v) is 6.33. The predicted molar refractivity (Wildman–Crippen MR) is 72.3 cm³/mol. The van der Waals surface area contributed by atoms with Gasteiger partial charge < -0.3 is 4.74 Å². The fraction of sp³-hybridized carbons (Fsp3) is 0.286. The Labute approximate surface area is 112 Å². The fourth-order valence-corrected chi connectivity index (χ4v) is 1.83. The lowest BCUT2D eigenvalue weighted by Crippen LogP contribution is -1.97. The second-order valence-corrected chi connectivity index (χ2v) is 4.45. The highest BCUT2D eigenvalue weighted by molar-refractivity contribution is 6.28. The highest BCUT2D eigenvalue weighted by atomic mass is 35.5. The molecule has 0 aliphatic rings. The molecular formula is C14H15ClN2O. The maximum atomic E-state index is 5.78. The lowest BCUT2D eigenvalue weighted by molar-refractivity contribution is 0.451. The summed E-state index contributed by atoms with van der Waals surface area (Å²) in [5, 5.41) is 0.188. The van der Waals surface area contributed by atoms with E-state index in [1.54, 1.807) is 12.3 Å². The maximum Gasteiger partial charge on any atom is 0.225 e. The van der Waals surface area contributed by atoms with Crippen LogP contribution < -0.4 is 4.74 Å². The molecule has 1 aromatic heterocycles. The summed E-state index contributed by atoms with van der Waals surface area (Å²) in [7, 11) is 0. The number of ether oxygens (including phenoxy) is 1. The Bertz CT molecular complexity index is 531. The van der Waals surface area contributed by atoms with E-state index in [9.17, 15) is 0 Å². The SMILES string of the molecule is CCC(C)c1ccccc1Oc1ccnc(Cl)n1. The van der Waals surface area contributed by atoms with Crippen molar-refractivity contribution < 1.29 is 4.74 Å². The smallest absolute Gasteiger partial charge is 0.225 e. The molecule has 0 aliphatic heterocycles. The highest BCUT2D eigenvalue weighted by Crippen LogP contribution is 2.31. The lowest BCUT2D eigenvalue weighted by atomic mass is 9.98. The van der Waals surface area contributed by atoms with Crippen molar-refractivity contribution in [3.63, 3.8) is 0 Å². The lowest BCUT2D eigenvalue weighted by Gasteiger charge is -2.14. The number of nitrogens with zero attached hydrogens (tertiary/aromatic N) is 2. The fourth-order valence-electron chi connectivity index (χ4n) is 1.69. The monoisotopic (exact) mass is 262 g/mol. The molecule has 18 heavy (non-hydrogen) atoms. The van der Waals surface area contributed by atoms with Crippen molar-refractivity contribution >= 4 is 11.6 Å².